The molecule has 118 valence electrons. The number of hydrogen-bond donors (Lipinski definition) is 1. The molecule has 0 aliphatic heterocycles. The van der Waals surface area contributed by atoms with Crippen molar-refractivity contribution < 1.29 is 4.79 Å². The van der Waals surface area contributed by atoms with Gasteiger partial charge in [0.25, 0.3) is 5.91 Å². The maximum absolute atomic E-state index is 12.4. The molecular weight excluding hydrogens is 389 g/mol. The van der Waals surface area contributed by atoms with E-state index < -0.39 is 0 Å². The van der Waals surface area contributed by atoms with Crippen LogP contribution in [0.1, 0.15) is 56.7 Å². The number of hydrogen-bond acceptors (Lipinski definition) is 2. The van der Waals surface area contributed by atoms with Gasteiger partial charge in [-0.1, -0.05) is 13.8 Å². The first kappa shape index (κ1) is 17.0. The van der Waals surface area contributed by atoms with E-state index in [-0.39, 0.29) is 11.4 Å². The van der Waals surface area contributed by atoms with E-state index in [0.29, 0.717) is 11.6 Å². The molecule has 5 heteroatoms. The Morgan fingerprint density at radius 3 is 2.27 bits per heavy atom. The van der Waals surface area contributed by atoms with Crippen LogP contribution in [0.3, 0.4) is 0 Å². The number of carbonyl (C=O) groups excluding carboxylic acids is 1. The molecule has 0 unspecified atom stereocenters. The van der Waals surface area contributed by atoms with Crippen LogP contribution in [0, 0.1) is 3.57 Å². The Morgan fingerprint density at radius 2 is 1.82 bits per heavy atom. The topological polar surface area (TPSA) is 46.9 Å². The Labute approximate surface area is 145 Å². The Balaban J connectivity index is 2.28. The first-order valence-corrected chi connectivity index (χ1v) is 8.43. The molecule has 0 atom stereocenters. The maximum Gasteiger partial charge on any atom is 0.276 e. The molecule has 1 amide bonds. The second-order valence-electron chi connectivity index (χ2n) is 6.65. The first-order chi connectivity index (χ1) is 10.2. The van der Waals surface area contributed by atoms with Crippen molar-refractivity contribution >= 4 is 34.2 Å². The van der Waals surface area contributed by atoms with E-state index in [2.05, 4.69) is 67.6 Å². The van der Waals surface area contributed by atoms with Gasteiger partial charge in [-0.2, -0.15) is 5.10 Å². The number of carbonyl (C=O) groups is 1. The minimum absolute atomic E-state index is 0.152. The second-order valence-corrected chi connectivity index (χ2v) is 7.90. The van der Waals surface area contributed by atoms with Crippen molar-refractivity contribution in [3.63, 3.8) is 0 Å². The van der Waals surface area contributed by atoms with Crippen molar-refractivity contribution in [1.29, 1.82) is 0 Å². The normalized spacial score (nSPS) is 11.8. The Bertz CT molecular complexity index is 666. The molecule has 1 heterocycles. The van der Waals surface area contributed by atoms with E-state index in [9.17, 15) is 4.79 Å². The van der Waals surface area contributed by atoms with Gasteiger partial charge in [-0.15, -0.1) is 0 Å². The lowest BCUT2D eigenvalue weighted by atomic mass is 10.1. The molecule has 1 aromatic heterocycles. The standard InChI is InChI=1S/C17H22IN3O/c1-11(2)15-10-14(20-21(15)17(3,4)5)16(22)19-13-8-6-12(18)7-9-13/h6-11H,1-5H3,(H,19,22). The van der Waals surface area contributed by atoms with Crippen molar-refractivity contribution in [2.75, 3.05) is 5.32 Å². The largest absolute Gasteiger partial charge is 0.321 e. The van der Waals surface area contributed by atoms with Gasteiger partial charge >= 0.3 is 0 Å². The third-order valence-electron chi connectivity index (χ3n) is 3.30. The molecule has 0 radical (unpaired) electrons. The summed E-state index contributed by atoms with van der Waals surface area (Å²) in [7, 11) is 0. The molecule has 0 saturated heterocycles. The highest BCUT2D eigenvalue weighted by Gasteiger charge is 2.23. The highest BCUT2D eigenvalue weighted by Crippen LogP contribution is 2.24. The number of anilines is 1. The number of nitrogens with one attached hydrogen (secondary N) is 1. The summed E-state index contributed by atoms with van der Waals surface area (Å²) >= 11 is 2.24. The number of rotatable bonds is 3. The monoisotopic (exact) mass is 411 g/mol. The fourth-order valence-corrected chi connectivity index (χ4v) is 2.54. The van der Waals surface area contributed by atoms with Crippen molar-refractivity contribution in [1.82, 2.24) is 9.78 Å². The molecule has 0 bridgehead atoms. The first-order valence-electron chi connectivity index (χ1n) is 7.36. The van der Waals surface area contributed by atoms with Crippen molar-refractivity contribution in [2.45, 2.75) is 46.1 Å². The van der Waals surface area contributed by atoms with Crippen LogP contribution < -0.4 is 5.32 Å². The third-order valence-corrected chi connectivity index (χ3v) is 4.02. The van der Waals surface area contributed by atoms with Gasteiger partial charge in [-0.25, -0.2) is 0 Å². The van der Waals surface area contributed by atoms with Gasteiger partial charge in [-0.05, 0) is 79.6 Å². The average molecular weight is 411 g/mol. The number of nitrogens with zero attached hydrogens (tertiary/aromatic N) is 2. The highest BCUT2D eigenvalue weighted by atomic mass is 127. The summed E-state index contributed by atoms with van der Waals surface area (Å²) in [5.41, 5.74) is 2.15. The average Bonchev–Trinajstić information content (AvgIpc) is 2.86. The van der Waals surface area contributed by atoms with Crippen LogP contribution in [0.25, 0.3) is 0 Å². The number of amides is 1. The molecule has 0 saturated carbocycles. The van der Waals surface area contributed by atoms with Crippen LogP contribution in [0.5, 0.6) is 0 Å². The molecule has 1 aromatic carbocycles. The van der Waals surface area contributed by atoms with Gasteiger partial charge in [0.1, 0.15) is 0 Å². The smallest absolute Gasteiger partial charge is 0.276 e. The molecule has 2 aromatic rings. The summed E-state index contributed by atoms with van der Waals surface area (Å²) in [5, 5.41) is 7.42. The van der Waals surface area contributed by atoms with E-state index in [4.69, 9.17) is 0 Å². The van der Waals surface area contributed by atoms with E-state index in [1.165, 1.54) is 0 Å². The zero-order valence-electron chi connectivity index (χ0n) is 13.6. The zero-order chi connectivity index (χ0) is 16.5. The Hall–Kier alpha value is -1.37. The van der Waals surface area contributed by atoms with E-state index in [1.54, 1.807) is 0 Å². The summed E-state index contributed by atoms with van der Waals surface area (Å²) in [6.45, 7) is 10.5. The molecule has 0 aliphatic rings. The van der Waals surface area contributed by atoms with Crippen LogP contribution in [0.15, 0.2) is 30.3 Å². The molecule has 0 spiro atoms. The minimum Gasteiger partial charge on any atom is -0.321 e. The zero-order valence-corrected chi connectivity index (χ0v) is 15.8. The van der Waals surface area contributed by atoms with Gasteiger partial charge < -0.3 is 5.32 Å². The molecule has 0 aliphatic carbocycles. The van der Waals surface area contributed by atoms with Crippen LogP contribution in [0.4, 0.5) is 5.69 Å². The van der Waals surface area contributed by atoms with Gasteiger partial charge in [0.2, 0.25) is 0 Å². The molecule has 0 fully saturated rings. The summed E-state index contributed by atoms with van der Waals surface area (Å²) in [6, 6.07) is 9.60. The van der Waals surface area contributed by atoms with Crippen LogP contribution >= 0.6 is 22.6 Å². The fraction of sp³-hybridized carbons (Fsp3) is 0.412. The number of aromatic nitrogens is 2. The van der Waals surface area contributed by atoms with Gasteiger partial charge in [0, 0.05) is 15.0 Å². The third kappa shape index (κ3) is 3.88. The Kier molecular flexibility index (Phi) is 4.94. The lowest BCUT2D eigenvalue weighted by Gasteiger charge is -2.23. The predicted octanol–water partition coefficient (Wildman–Crippen LogP) is 4.62. The molecule has 2 rings (SSSR count). The predicted molar refractivity (Wildman–Crippen MR) is 98.4 cm³/mol. The maximum atomic E-state index is 12.4. The van der Waals surface area contributed by atoms with Crippen LogP contribution in [0.2, 0.25) is 0 Å². The lowest BCUT2D eigenvalue weighted by molar-refractivity contribution is 0.102. The summed E-state index contributed by atoms with van der Waals surface area (Å²) in [4.78, 5) is 12.4. The molecule has 22 heavy (non-hydrogen) atoms. The summed E-state index contributed by atoms with van der Waals surface area (Å²) in [5.74, 6) is 0.137. The molecule has 4 nitrogen and oxygen atoms in total. The van der Waals surface area contributed by atoms with Crippen molar-refractivity contribution in [3.8, 4) is 0 Å². The fourth-order valence-electron chi connectivity index (χ4n) is 2.18. The van der Waals surface area contributed by atoms with Gasteiger partial charge in [-0.3, -0.25) is 9.48 Å². The quantitative estimate of drug-likeness (QED) is 0.750. The Morgan fingerprint density at radius 1 is 1.23 bits per heavy atom. The van der Waals surface area contributed by atoms with E-state index in [1.807, 2.05) is 35.0 Å². The SMILES string of the molecule is CC(C)c1cc(C(=O)Nc2ccc(I)cc2)nn1C(C)(C)C. The van der Waals surface area contributed by atoms with Crippen molar-refractivity contribution in [2.24, 2.45) is 0 Å². The second kappa shape index (κ2) is 6.40. The number of benzene rings is 1. The lowest BCUT2D eigenvalue weighted by Crippen LogP contribution is -2.26. The number of halogens is 1. The van der Waals surface area contributed by atoms with Crippen LogP contribution in [-0.4, -0.2) is 15.7 Å². The van der Waals surface area contributed by atoms with E-state index in [0.717, 1.165) is 15.0 Å². The van der Waals surface area contributed by atoms with Gasteiger partial charge in [0.15, 0.2) is 5.69 Å². The molecule has 1 N–H and O–H groups in total. The summed E-state index contributed by atoms with van der Waals surface area (Å²) in [6.07, 6.45) is 0. The minimum atomic E-state index is -0.175. The van der Waals surface area contributed by atoms with Crippen molar-refractivity contribution in [3.05, 3.63) is 45.3 Å². The van der Waals surface area contributed by atoms with Crippen LogP contribution in [-0.2, 0) is 5.54 Å². The van der Waals surface area contributed by atoms with E-state index >= 15 is 0 Å². The molecular formula is C17H22IN3O. The van der Waals surface area contributed by atoms with Gasteiger partial charge in [0.05, 0.1) is 5.54 Å². The highest BCUT2D eigenvalue weighted by molar-refractivity contribution is 14.1. The summed E-state index contributed by atoms with van der Waals surface area (Å²) < 4.78 is 3.08.